The number of hydrogen-bond donors (Lipinski definition) is 0. The zero-order valence-corrected chi connectivity index (χ0v) is 18.0. The van der Waals surface area contributed by atoms with E-state index in [9.17, 15) is 13.2 Å². The highest BCUT2D eigenvalue weighted by molar-refractivity contribution is 7.91. The van der Waals surface area contributed by atoms with Crippen LogP contribution >= 0.6 is 11.3 Å². The molecule has 1 amide bonds. The van der Waals surface area contributed by atoms with Gasteiger partial charge < -0.3 is 9.64 Å². The van der Waals surface area contributed by atoms with Crippen LogP contribution in [0.4, 0.5) is 0 Å². The summed E-state index contributed by atoms with van der Waals surface area (Å²) in [5.74, 6) is 0.711. The summed E-state index contributed by atoms with van der Waals surface area (Å²) >= 11 is 1.60. The lowest BCUT2D eigenvalue weighted by atomic mass is 10.1. The number of carbonyl (C=O) groups excluding carboxylic acids is 1. The standard InChI is InChI=1S/C21H27NO4S2/c1-3-4-10-26-19-7-5-6-17(13-19)21(23)22(14-20-16(2)8-11-27-20)18-9-12-28(24,25)15-18/h5-8,11,13,18H,3-4,9-10,12,14-15H2,1-2H3/t18-/m0/s1. The van der Waals surface area contributed by atoms with Gasteiger partial charge in [0.1, 0.15) is 5.75 Å². The molecule has 1 atom stereocenters. The number of sulfone groups is 1. The Bertz CT molecular complexity index is 920. The molecule has 1 saturated heterocycles. The molecule has 0 aliphatic carbocycles. The zero-order chi connectivity index (χ0) is 20.1. The summed E-state index contributed by atoms with van der Waals surface area (Å²) in [6, 6.07) is 8.93. The molecule has 0 N–H and O–H groups in total. The maximum atomic E-state index is 13.3. The summed E-state index contributed by atoms with van der Waals surface area (Å²) in [5.41, 5.74) is 1.66. The van der Waals surface area contributed by atoms with Gasteiger partial charge >= 0.3 is 0 Å². The molecular weight excluding hydrogens is 394 g/mol. The summed E-state index contributed by atoms with van der Waals surface area (Å²) in [6.45, 7) is 5.17. The highest BCUT2D eigenvalue weighted by atomic mass is 32.2. The SMILES string of the molecule is CCCCOc1cccc(C(=O)N(Cc2sccc2C)[C@H]2CCS(=O)(=O)C2)c1. The maximum Gasteiger partial charge on any atom is 0.254 e. The minimum atomic E-state index is -3.08. The van der Waals surface area contributed by atoms with Crippen molar-refractivity contribution in [3.8, 4) is 5.75 Å². The van der Waals surface area contributed by atoms with Gasteiger partial charge in [-0.15, -0.1) is 11.3 Å². The van der Waals surface area contributed by atoms with Gasteiger partial charge in [0.2, 0.25) is 0 Å². The summed E-state index contributed by atoms with van der Waals surface area (Å²) in [4.78, 5) is 16.2. The number of nitrogens with zero attached hydrogens (tertiary/aromatic N) is 1. The van der Waals surface area contributed by atoms with E-state index in [1.54, 1.807) is 28.4 Å². The average molecular weight is 422 g/mol. The molecular formula is C21H27NO4S2. The van der Waals surface area contributed by atoms with Crippen LogP contribution in [-0.4, -0.2) is 43.4 Å². The number of thiophene rings is 1. The fourth-order valence-corrected chi connectivity index (χ4v) is 5.96. The molecule has 0 radical (unpaired) electrons. The number of benzene rings is 1. The van der Waals surface area contributed by atoms with E-state index >= 15 is 0 Å². The lowest BCUT2D eigenvalue weighted by molar-refractivity contribution is 0.0682. The molecule has 7 heteroatoms. The second kappa shape index (κ2) is 9.09. The number of unbranched alkanes of at least 4 members (excludes halogenated alkanes) is 1. The molecule has 1 aliphatic rings. The first-order valence-corrected chi connectivity index (χ1v) is 12.4. The van der Waals surface area contributed by atoms with Gasteiger partial charge in [0.15, 0.2) is 9.84 Å². The Morgan fingerprint density at radius 2 is 2.14 bits per heavy atom. The average Bonchev–Trinajstić information content (AvgIpc) is 3.24. The predicted octanol–water partition coefficient (Wildman–Crippen LogP) is 4.06. The third-order valence-electron chi connectivity index (χ3n) is 5.04. The smallest absolute Gasteiger partial charge is 0.254 e. The van der Waals surface area contributed by atoms with Crippen molar-refractivity contribution in [1.29, 1.82) is 0 Å². The van der Waals surface area contributed by atoms with E-state index in [2.05, 4.69) is 6.92 Å². The normalized spacial score (nSPS) is 18.1. The van der Waals surface area contributed by atoms with E-state index in [1.807, 2.05) is 30.5 Å². The van der Waals surface area contributed by atoms with Crippen molar-refractivity contribution >= 4 is 27.1 Å². The Labute approximate surface area is 171 Å². The van der Waals surface area contributed by atoms with Crippen LogP contribution in [0.3, 0.4) is 0 Å². The van der Waals surface area contributed by atoms with E-state index in [0.717, 1.165) is 23.3 Å². The predicted molar refractivity (Wildman–Crippen MR) is 113 cm³/mol. The molecule has 3 rings (SSSR count). The summed E-state index contributed by atoms with van der Waals surface area (Å²) in [5, 5.41) is 2.00. The molecule has 1 aromatic heterocycles. The lowest BCUT2D eigenvalue weighted by Gasteiger charge is -2.28. The number of aryl methyl sites for hydroxylation is 1. The van der Waals surface area contributed by atoms with E-state index in [0.29, 0.717) is 30.9 Å². The summed E-state index contributed by atoms with van der Waals surface area (Å²) in [7, 11) is -3.08. The third kappa shape index (κ3) is 5.14. The van der Waals surface area contributed by atoms with E-state index in [1.165, 1.54) is 0 Å². The molecule has 0 spiro atoms. The highest BCUT2D eigenvalue weighted by Crippen LogP contribution is 2.26. The first kappa shape index (κ1) is 20.9. The van der Waals surface area contributed by atoms with Gasteiger partial charge in [0, 0.05) is 16.5 Å². The molecule has 0 saturated carbocycles. The fourth-order valence-electron chi connectivity index (χ4n) is 3.33. The van der Waals surface area contributed by atoms with Gasteiger partial charge in [0.25, 0.3) is 5.91 Å². The second-order valence-electron chi connectivity index (χ2n) is 7.25. The highest BCUT2D eigenvalue weighted by Gasteiger charge is 2.35. The van der Waals surface area contributed by atoms with E-state index < -0.39 is 9.84 Å². The van der Waals surface area contributed by atoms with Crippen LogP contribution in [0.15, 0.2) is 35.7 Å². The quantitative estimate of drug-likeness (QED) is 0.603. The monoisotopic (exact) mass is 421 g/mol. The topological polar surface area (TPSA) is 63.7 Å². The first-order valence-electron chi connectivity index (χ1n) is 9.67. The van der Waals surface area contributed by atoms with Crippen molar-refractivity contribution in [3.05, 3.63) is 51.7 Å². The number of ether oxygens (including phenoxy) is 1. The van der Waals surface area contributed by atoms with Crippen molar-refractivity contribution in [3.63, 3.8) is 0 Å². The zero-order valence-electron chi connectivity index (χ0n) is 16.4. The van der Waals surface area contributed by atoms with Crippen LogP contribution in [0.1, 0.15) is 47.0 Å². The molecule has 1 fully saturated rings. The number of amides is 1. The van der Waals surface area contributed by atoms with Crippen molar-refractivity contribution in [2.45, 2.75) is 45.7 Å². The number of carbonyl (C=O) groups is 1. The molecule has 5 nitrogen and oxygen atoms in total. The number of rotatable bonds is 8. The Balaban J connectivity index is 1.84. The van der Waals surface area contributed by atoms with Gasteiger partial charge in [-0.25, -0.2) is 8.42 Å². The first-order chi connectivity index (χ1) is 13.4. The minimum Gasteiger partial charge on any atom is -0.494 e. The lowest BCUT2D eigenvalue weighted by Crippen LogP contribution is -2.40. The van der Waals surface area contributed by atoms with Gasteiger partial charge in [0.05, 0.1) is 24.7 Å². The third-order valence-corrected chi connectivity index (χ3v) is 7.80. The molecule has 2 aromatic rings. The van der Waals surface area contributed by atoms with Crippen molar-refractivity contribution in [2.75, 3.05) is 18.1 Å². The fraction of sp³-hybridized carbons (Fsp3) is 0.476. The van der Waals surface area contributed by atoms with Gasteiger partial charge in [-0.05, 0) is 55.0 Å². The molecule has 28 heavy (non-hydrogen) atoms. The van der Waals surface area contributed by atoms with Crippen molar-refractivity contribution in [1.82, 2.24) is 4.90 Å². The molecule has 1 aromatic carbocycles. The molecule has 152 valence electrons. The Morgan fingerprint density at radius 3 is 2.79 bits per heavy atom. The Kier molecular flexibility index (Phi) is 6.78. The largest absolute Gasteiger partial charge is 0.494 e. The Hall–Kier alpha value is -1.86. The van der Waals surface area contributed by atoms with E-state index in [4.69, 9.17) is 4.74 Å². The second-order valence-corrected chi connectivity index (χ2v) is 10.5. The van der Waals surface area contributed by atoms with Crippen LogP contribution < -0.4 is 4.74 Å². The minimum absolute atomic E-state index is 0.0376. The molecule has 0 bridgehead atoms. The van der Waals surface area contributed by atoms with E-state index in [-0.39, 0.29) is 23.5 Å². The van der Waals surface area contributed by atoms with Crippen LogP contribution in [0.2, 0.25) is 0 Å². The van der Waals surface area contributed by atoms with Crippen LogP contribution in [0.25, 0.3) is 0 Å². The van der Waals surface area contributed by atoms with Crippen molar-refractivity contribution in [2.24, 2.45) is 0 Å². The maximum absolute atomic E-state index is 13.3. The van der Waals surface area contributed by atoms with Gasteiger partial charge in [-0.1, -0.05) is 19.4 Å². The Morgan fingerprint density at radius 1 is 1.32 bits per heavy atom. The van der Waals surface area contributed by atoms with Crippen LogP contribution in [0.5, 0.6) is 5.75 Å². The van der Waals surface area contributed by atoms with Gasteiger partial charge in [-0.3, -0.25) is 4.79 Å². The van der Waals surface area contributed by atoms with Gasteiger partial charge in [-0.2, -0.15) is 0 Å². The molecule has 0 unspecified atom stereocenters. The van der Waals surface area contributed by atoms with Crippen LogP contribution in [-0.2, 0) is 16.4 Å². The molecule has 1 aliphatic heterocycles. The number of hydrogen-bond acceptors (Lipinski definition) is 5. The summed E-state index contributed by atoms with van der Waals surface area (Å²) in [6.07, 6.45) is 2.50. The van der Waals surface area contributed by atoms with Crippen molar-refractivity contribution < 1.29 is 17.9 Å². The molecule has 2 heterocycles. The van der Waals surface area contributed by atoms with Crippen LogP contribution in [0, 0.1) is 6.92 Å². The summed E-state index contributed by atoms with van der Waals surface area (Å²) < 4.78 is 29.8.